The second-order valence-electron chi connectivity index (χ2n) is 5.75. The molecule has 20 heavy (non-hydrogen) atoms. The summed E-state index contributed by atoms with van der Waals surface area (Å²) in [4.78, 5) is 26.2. The van der Waals surface area contributed by atoms with Gasteiger partial charge in [-0.15, -0.1) is 0 Å². The van der Waals surface area contributed by atoms with Gasteiger partial charge in [-0.2, -0.15) is 0 Å². The number of hydrogen-bond acceptors (Lipinski definition) is 2. The molecule has 1 fully saturated rings. The average Bonchev–Trinajstić information content (AvgIpc) is 2.53. The molecule has 1 unspecified atom stereocenters. The Bertz CT molecular complexity index is 537. The van der Waals surface area contributed by atoms with E-state index in [1.54, 1.807) is 4.90 Å². The molecule has 1 aromatic rings. The van der Waals surface area contributed by atoms with E-state index in [4.69, 9.17) is 0 Å². The number of carbonyl (C=O) groups is 2. The van der Waals surface area contributed by atoms with E-state index >= 15 is 0 Å². The molecule has 0 aromatic heterocycles. The molecule has 0 radical (unpaired) electrons. The maximum Gasteiger partial charge on any atom is 0.249 e. The van der Waals surface area contributed by atoms with Gasteiger partial charge in [-0.25, -0.2) is 0 Å². The van der Waals surface area contributed by atoms with E-state index in [0.717, 1.165) is 16.8 Å². The molecule has 1 aliphatic heterocycles. The Balaban J connectivity index is 2.41. The number of anilines is 1. The topological polar surface area (TPSA) is 49.4 Å². The van der Waals surface area contributed by atoms with Crippen LogP contribution in [0.3, 0.4) is 0 Å². The van der Waals surface area contributed by atoms with Crippen LogP contribution in [0.4, 0.5) is 5.69 Å². The number of benzene rings is 1. The molecule has 1 aliphatic rings. The molecule has 4 nitrogen and oxygen atoms in total. The molecule has 1 aromatic carbocycles. The lowest BCUT2D eigenvalue weighted by Gasteiger charge is -2.27. The zero-order chi connectivity index (χ0) is 14.9. The predicted molar refractivity (Wildman–Crippen MR) is 79.7 cm³/mol. The highest BCUT2D eigenvalue weighted by Crippen LogP contribution is 2.25. The molecule has 1 saturated heterocycles. The lowest BCUT2D eigenvalue weighted by molar-refractivity contribution is -0.126. The minimum atomic E-state index is -0.440. The van der Waals surface area contributed by atoms with Crippen molar-refractivity contribution in [3.05, 3.63) is 29.3 Å². The van der Waals surface area contributed by atoms with Gasteiger partial charge in [0, 0.05) is 18.7 Å². The first-order valence-electron chi connectivity index (χ1n) is 7.08. The van der Waals surface area contributed by atoms with Crippen molar-refractivity contribution in [3.63, 3.8) is 0 Å². The first-order chi connectivity index (χ1) is 9.41. The summed E-state index contributed by atoms with van der Waals surface area (Å²) >= 11 is 0. The van der Waals surface area contributed by atoms with Crippen molar-refractivity contribution in [1.82, 2.24) is 5.32 Å². The van der Waals surface area contributed by atoms with Gasteiger partial charge >= 0.3 is 0 Å². The molecule has 1 atom stereocenters. The number of aryl methyl sites for hydroxylation is 1. The molecule has 4 heteroatoms. The summed E-state index contributed by atoms with van der Waals surface area (Å²) in [7, 11) is 0. The molecule has 2 amide bonds. The van der Waals surface area contributed by atoms with Crippen LogP contribution in [0.1, 0.15) is 31.4 Å². The van der Waals surface area contributed by atoms with Gasteiger partial charge in [-0.05, 0) is 37.0 Å². The van der Waals surface area contributed by atoms with Gasteiger partial charge in [0.05, 0.1) is 0 Å². The minimum Gasteiger partial charge on any atom is -0.344 e. The van der Waals surface area contributed by atoms with Gasteiger partial charge in [-0.3, -0.25) is 9.59 Å². The van der Waals surface area contributed by atoms with Crippen molar-refractivity contribution in [2.75, 3.05) is 11.4 Å². The second kappa shape index (κ2) is 5.65. The smallest absolute Gasteiger partial charge is 0.249 e. The fourth-order valence-corrected chi connectivity index (χ4v) is 2.52. The normalized spacial score (nSPS) is 20.1. The Kier molecular flexibility index (Phi) is 4.12. The molecule has 108 valence electrons. The van der Waals surface area contributed by atoms with Crippen LogP contribution in [0.25, 0.3) is 0 Å². The molecular formula is C16H22N2O2. The van der Waals surface area contributed by atoms with Crippen molar-refractivity contribution in [2.24, 2.45) is 5.92 Å². The zero-order valence-corrected chi connectivity index (χ0v) is 12.6. The van der Waals surface area contributed by atoms with Crippen LogP contribution < -0.4 is 10.2 Å². The van der Waals surface area contributed by atoms with Crippen LogP contribution in [0, 0.1) is 19.8 Å². The maximum atomic E-state index is 12.7. The Labute approximate surface area is 120 Å². The lowest BCUT2D eigenvalue weighted by atomic mass is 10.0. The fourth-order valence-electron chi connectivity index (χ4n) is 2.52. The van der Waals surface area contributed by atoms with E-state index in [1.807, 2.05) is 45.9 Å². The van der Waals surface area contributed by atoms with E-state index in [-0.39, 0.29) is 17.7 Å². The number of nitrogens with zero attached hydrogens (tertiary/aromatic N) is 1. The van der Waals surface area contributed by atoms with Crippen LogP contribution in [-0.4, -0.2) is 24.4 Å². The first kappa shape index (κ1) is 14.6. The van der Waals surface area contributed by atoms with Crippen LogP contribution in [-0.2, 0) is 9.59 Å². The van der Waals surface area contributed by atoms with E-state index in [9.17, 15) is 9.59 Å². The van der Waals surface area contributed by atoms with Crippen molar-refractivity contribution in [3.8, 4) is 0 Å². The van der Waals surface area contributed by atoms with Gasteiger partial charge in [0.2, 0.25) is 11.8 Å². The summed E-state index contributed by atoms with van der Waals surface area (Å²) in [5, 5.41) is 2.83. The SMILES string of the molecule is Cc1cccc(N2CCC(=O)NC(C(C)C)C2=O)c1C. The van der Waals surface area contributed by atoms with Crippen molar-refractivity contribution >= 4 is 17.5 Å². The van der Waals surface area contributed by atoms with Crippen molar-refractivity contribution in [2.45, 2.75) is 40.2 Å². The Morgan fingerprint density at radius 2 is 1.95 bits per heavy atom. The third kappa shape index (κ3) is 2.69. The lowest BCUT2D eigenvalue weighted by Crippen LogP contribution is -2.48. The highest BCUT2D eigenvalue weighted by atomic mass is 16.2. The predicted octanol–water partition coefficient (Wildman–Crippen LogP) is 2.18. The third-order valence-corrected chi connectivity index (χ3v) is 3.94. The minimum absolute atomic E-state index is 0.0143. The molecule has 0 bridgehead atoms. The van der Waals surface area contributed by atoms with E-state index < -0.39 is 6.04 Å². The largest absolute Gasteiger partial charge is 0.344 e. The van der Waals surface area contributed by atoms with Crippen molar-refractivity contribution < 1.29 is 9.59 Å². The first-order valence-corrected chi connectivity index (χ1v) is 7.08. The summed E-state index contributed by atoms with van der Waals surface area (Å²) in [6.07, 6.45) is 0.350. The fraction of sp³-hybridized carbons (Fsp3) is 0.500. The van der Waals surface area contributed by atoms with Crippen LogP contribution in [0.15, 0.2) is 18.2 Å². The molecular weight excluding hydrogens is 252 g/mol. The number of rotatable bonds is 2. The molecule has 2 rings (SSSR count). The number of nitrogens with one attached hydrogen (secondary N) is 1. The van der Waals surface area contributed by atoms with Gasteiger partial charge < -0.3 is 10.2 Å². The molecule has 0 spiro atoms. The van der Waals surface area contributed by atoms with Crippen LogP contribution in [0.5, 0.6) is 0 Å². The van der Waals surface area contributed by atoms with Crippen molar-refractivity contribution in [1.29, 1.82) is 0 Å². The standard InChI is InChI=1S/C16H22N2O2/c1-10(2)15-16(20)18(9-8-14(19)17-15)13-7-5-6-11(3)12(13)4/h5-7,10,15H,8-9H2,1-4H3,(H,17,19). The Hall–Kier alpha value is -1.84. The highest BCUT2D eigenvalue weighted by molar-refractivity contribution is 6.02. The number of amides is 2. The van der Waals surface area contributed by atoms with Gasteiger partial charge in [-0.1, -0.05) is 26.0 Å². The van der Waals surface area contributed by atoms with Crippen LogP contribution in [0.2, 0.25) is 0 Å². The Morgan fingerprint density at radius 1 is 1.25 bits per heavy atom. The second-order valence-corrected chi connectivity index (χ2v) is 5.75. The summed E-state index contributed by atoms with van der Waals surface area (Å²) < 4.78 is 0. The van der Waals surface area contributed by atoms with E-state index in [0.29, 0.717) is 13.0 Å². The highest BCUT2D eigenvalue weighted by Gasteiger charge is 2.33. The van der Waals surface area contributed by atoms with E-state index in [2.05, 4.69) is 5.32 Å². The molecule has 1 heterocycles. The quantitative estimate of drug-likeness (QED) is 0.898. The molecule has 1 N–H and O–H groups in total. The molecule has 0 aliphatic carbocycles. The van der Waals surface area contributed by atoms with Gasteiger partial charge in [0.15, 0.2) is 0 Å². The third-order valence-electron chi connectivity index (χ3n) is 3.94. The number of carbonyl (C=O) groups excluding carboxylic acids is 2. The van der Waals surface area contributed by atoms with Gasteiger partial charge in [0.25, 0.3) is 0 Å². The average molecular weight is 274 g/mol. The molecule has 0 saturated carbocycles. The summed E-state index contributed by atoms with van der Waals surface area (Å²) in [6, 6.07) is 5.50. The Morgan fingerprint density at radius 3 is 2.60 bits per heavy atom. The number of hydrogen-bond donors (Lipinski definition) is 1. The van der Waals surface area contributed by atoms with E-state index in [1.165, 1.54) is 0 Å². The monoisotopic (exact) mass is 274 g/mol. The zero-order valence-electron chi connectivity index (χ0n) is 12.6. The maximum absolute atomic E-state index is 12.7. The van der Waals surface area contributed by atoms with Crippen LogP contribution >= 0.6 is 0 Å². The summed E-state index contributed by atoms with van der Waals surface area (Å²) in [5.74, 6) is 0.0153. The summed E-state index contributed by atoms with van der Waals surface area (Å²) in [6.45, 7) is 8.40. The van der Waals surface area contributed by atoms with Gasteiger partial charge in [0.1, 0.15) is 6.04 Å². The summed E-state index contributed by atoms with van der Waals surface area (Å²) in [5.41, 5.74) is 3.16.